The van der Waals surface area contributed by atoms with E-state index in [1.807, 2.05) is 0 Å². The van der Waals surface area contributed by atoms with Crippen molar-refractivity contribution in [3.63, 3.8) is 0 Å². The Hall–Kier alpha value is -1.08. The fraction of sp³-hybridized carbons (Fsp3) is 0.750. The van der Waals surface area contributed by atoms with E-state index in [0.717, 1.165) is 17.8 Å². The molecule has 0 aromatic heterocycles. The van der Waals surface area contributed by atoms with Gasteiger partial charge in [0, 0.05) is 11.1 Å². The van der Waals surface area contributed by atoms with Crippen LogP contribution in [-0.2, 0) is 0 Å². The SMILES string of the molecule is CCCN1C(C)(C)CC(c2ccc(C3=CCC(C4CCC(CC)CC4)CC3)cc2)CC1(C)C. The molecule has 33 heavy (non-hydrogen) atoms. The maximum Gasteiger partial charge on any atom is 0.0164 e. The molecule has 1 aromatic rings. The Balaban J connectivity index is 1.38. The fourth-order valence-electron chi connectivity index (χ4n) is 7.96. The normalized spacial score (nSPS) is 30.7. The minimum absolute atomic E-state index is 0.262. The molecule has 1 saturated heterocycles. The molecule has 1 aromatic carbocycles. The average Bonchev–Trinajstić information content (AvgIpc) is 2.81. The number of allylic oxidation sites excluding steroid dienone is 2. The second kappa shape index (κ2) is 10.3. The van der Waals surface area contributed by atoms with Gasteiger partial charge in [-0.2, -0.15) is 0 Å². The quantitative estimate of drug-likeness (QED) is 0.418. The van der Waals surface area contributed by atoms with Crippen LogP contribution in [0.3, 0.4) is 0 Å². The summed E-state index contributed by atoms with van der Waals surface area (Å²) in [6.07, 6.45) is 17.7. The van der Waals surface area contributed by atoms with Crippen LogP contribution in [0.2, 0.25) is 0 Å². The molecule has 0 spiro atoms. The molecule has 1 nitrogen and oxygen atoms in total. The first-order chi connectivity index (χ1) is 15.7. The smallest absolute Gasteiger partial charge is 0.0164 e. The first-order valence-electron chi connectivity index (χ1n) is 14.3. The lowest BCUT2D eigenvalue weighted by Gasteiger charge is -2.55. The van der Waals surface area contributed by atoms with Crippen LogP contribution in [-0.4, -0.2) is 22.5 Å². The second-order valence-corrected chi connectivity index (χ2v) is 13.0. The van der Waals surface area contributed by atoms with Crippen LogP contribution in [0.5, 0.6) is 0 Å². The zero-order chi connectivity index (χ0) is 23.6. The Bertz CT molecular complexity index is 772. The Morgan fingerprint density at radius 2 is 1.45 bits per heavy atom. The van der Waals surface area contributed by atoms with Crippen molar-refractivity contribution in [2.24, 2.45) is 17.8 Å². The third kappa shape index (κ3) is 5.61. The number of benzene rings is 1. The van der Waals surface area contributed by atoms with Gasteiger partial charge in [-0.3, -0.25) is 4.90 Å². The lowest BCUT2D eigenvalue weighted by Crippen LogP contribution is -2.60. The summed E-state index contributed by atoms with van der Waals surface area (Å²) in [5, 5.41) is 0. The van der Waals surface area contributed by atoms with Gasteiger partial charge in [-0.25, -0.2) is 0 Å². The van der Waals surface area contributed by atoms with Crippen molar-refractivity contribution in [2.75, 3.05) is 6.54 Å². The molecule has 1 heterocycles. The molecular formula is C32H51N. The Morgan fingerprint density at radius 1 is 0.818 bits per heavy atom. The molecule has 2 fully saturated rings. The van der Waals surface area contributed by atoms with E-state index in [0.29, 0.717) is 5.92 Å². The monoisotopic (exact) mass is 449 g/mol. The maximum atomic E-state index is 2.77. The van der Waals surface area contributed by atoms with E-state index >= 15 is 0 Å². The van der Waals surface area contributed by atoms with Gasteiger partial charge in [0.15, 0.2) is 0 Å². The molecule has 2 aliphatic carbocycles. The summed E-state index contributed by atoms with van der Waals surface area (Å²) in [4.78, 5) is 2.77. The lowest BCUT2D eigenvalue weighted by atomic mass is 9.70. The summed E-state index contributed by atoms with van der Waals surface area (Å²) in [5.41, 5.74) is 5.17. The van der Waals surface area contributed by atoms with Crippen molar-refractivity contribution in [3.8, 4) is 0 Å². The van der Waals surface area contributed by atoms with Crippen molar-refractivity contribution < 1.29 is 0 Å². The van der Waals surface area contributed by atoms with Crippen molar-refractivity contribution in [1.82, 2.24) is 4.90 Å². The third-order valence-corrected chi connectivity index (χ3v) is 9.74. The third-order valence-electron chi connectivity index (χ3n) is 9.74. The zero-order valence-electron chi connectivity index (χ0n) is 22.6. The summed E-state index contributed by atoms with van der Waals surface area (Å²) in [7, 11) is 0. The van der Waals surface area contributed by atoms with E-state index in [9.17, 15) is 0 Å². The summed E-state index contributed by atoms with van der Waals surface area (Å²) in [6, 6.07) is 9.79. The first-order valence-corrected chi connectivity index (χ1v) is 14.3. The van der Waals surface area contributed by atoms with Crippen LogP contribution in [0, 0.1) is 17.8 Å². The number of hydrogen-bond donors (Lipinski definition) is 0. The van der Waals surface area contributed by atoms with Crippen LogP contribution in [0.25, 0.3) is 5.57 Å². The molecule has 184 valence electrons. The molecule has 1 unspecified atom stereocenters. The predicted octanol–water partition coefficient (Wildman–Crippen LogP) is 9.23. The van der Waals surface area contributed by atoms with E-state index in [1.165, 1.54) is 82.7 Å². The van der Waals surface area contributed by atoms with E-state index in [4.69, 9.17) is 0 Å². The largest absolute Gasteiger partial charge is 0.293 e. The van der Waals surface area contributed by atoms with Crippen molar-refractivity contribution >= 4 is 5.57 Å². The van der Waals surface area contributed by atoms with Crippen molar-refractivity contribution in [1.29, 1.82) is 0 Å². The number of likely N-dealkylation sites (tertiary alicyclic amines) is 1. The topological polar surface area (TPSA) is 3.24 Å². The number of piperidine rings is 1. The average molecular weight is 450 g/mol. The van der Waals surface area contributed by atoms with Crippen LogP contribution in [0.4, 0.5) is 0 Å². The Morgan fingerprint density at radius 3 is 1.97 bits per heavy atom. The van der Waals surface area contributed by atoms with Gasteiger partial charge in [-0.15, -0.1) is 0 Å². The van der Waals surface area contributed by atoms with E-state index in [-0.39, 0.29) is 11.1 Å². The van der Waals surface area contributed by atoms with Gasteiger partial charge >= 0.3 is 0 Å². The molecule has 0 radical (unpaired) electrons. The molecule has 0 bridgehead atoms. The molecule has 1 atom stereocenters. The highest BCUT2D eigenvalue weighted by Gasteiger charge is 2.44. The maximum absolute atomic E-state index is 2.77. The van der Waals surface area contributed by atoms with Gasteiger partial charge in [-0.1, -0.05) is 63.5 Å². The minimum Gasteiger partial charge on any atom is -0.293 e. The molecule has 1 saturated carbocycles. The summed E-state index contributed by atoms with van der Waals surface area (Å²) < 4.78 is 0. The standard InChI is InChI=1S/C32H51N/c1-7-21-33-31(3,4)22-30(23-32(33,5)6)29-19-17-28(18-20-29)27-15-13-26(14-16-27)25-11-9-24(8-2)10-12-25/h15,17-20,24-26,30H,7-14,16,21-23H2,1-6H3. The van der Waals surface area contributed by atoms with Gasteiger partial charge in [0.25, 0.3) is 0 Å². The molecule has 0 N–H and O–H groups in total. The van der Waals surface area contributed by atoms with Crippen LogP contribution < -0.4 is 0 Å². The van der Waals surface area contributed by atoms with E-state index in [2.05, 4.69) is 76.8 Å². The van der Waals surface area contributed by atoms with E-state index in [1.54, 1.807) is 11.1 Å². The molecule has 0 amide bonds. The van der Waals surface area contributed by atoms with Crippen LogP contribution in [0.1, 0.15) is 129 Å². The zero-order valence-corrected chi connectivity index (χ0v) is 22.6. The van der Waals surface area contributed by atoms with Crippen LogP contribution in [0.15, 0.2) is 30.3 Å². The first kappa shape index (κ1) is 25.0. The molecule has 1 aliphatic heterocycles. The molecule has 4 rings (SSSR count). The van der Waals surface area contributed by atoms with Gasteiger partial charge in [0.2, 0.25) is 0 Å². The number of hydrogen-bond acceptors (Lipinski definition) is 1. The minimum atomic E-state index is 0.262. The number of nitrogens with zero attached hydrogens (tertiary/aromatic N) is 1. The van der Waals surface area contributed by atoms with Crippen molar-refractivity contribution in [3.05, 3.63) is 41.5 Å². The van der Waals surface area contributed by atoms with Gasteiger partial charge in [0.1, 0.15) is 0 Å². The summed E-state index contributed by atoms with van der Waals surface area (Å²) >= 11 is 0. The Labute approximate surface area is 205 Å². The fourth-order valence-corrected chi connectivity index (χ4v) is 7.96. The highest BCUT2D eigenvalue weighted by molar-refractivity contribution is 5.66. The molecule has 1 heteroatoms. The van der Waals surface area contributed by atoms with Crippen LogP contribution >= 0.6 is 0 Å². The van der Waals surface area contributed by atoms with Gasteiger partial charge in [-0.05, 0) is 126 Å². The Kier molecular flexibility index (Phi) is 7.79. The predicted molar refractivity (Wildman–Crippen MR) is 145 cm³/mol. The molecular weight excluding hydrogens is 398 g/mol. The molecule has 3 aliphatic rings. The van der Waals surface area contributed by atoms with Gasteiger partial charge in [0.05, 0.1) is 0 Å². The number of rotatable bonds is 6. The highest BCUT2D eigenvalue weighted by Crippen LogP contribution is 2.46. The van der Waals surface area contributed by atoms with Crippen molar-refractivity contribution in [2.45, 2.75) is 129 Å². The summed E-state index contributed by atoms with van der Waals surface area (Å²) in [5.74, 6) is 3.63. The lowest BCUT2D eigenvalue weighted by molar-refractivity contribution is -0.0358. The van der Waals surface area contributed by atoms with E-state index < -0.39 is 0 Å². The second-order valence-electron chi connectivity index (χ2n) is 13.0. The highest BCUT2D eigenvalue weighted by atomic mass is 15.3. The van der Waals surface area contributed by atoms with Gasteiger partial charge < -0.3 is 0 Å². The summed E-state index contributed by atoms with van der Waals surface area (Å²) in [6.45, 7) is 15.7.